The Hall–Kier alpha value is -2.47. The molecular weight excluding hydrogens is 328 g/mol. The van der Waals surface area contributed by atoms with E-state index in [0.29, 0.717) is 11.9 Å². The van der Waals surface area contributed by atoms with Gasteiger partial charge in [0.2, 0.25) is 5.88 Å². The molecular formula is C20H22N4O2. The van der Waals surface area contributed by atoms with E-state index in [1.54, 1.807) is 6.20 Å². The molecule has 5 rings (SSSR count). The summed E-state index contributed by atoms with van der Waals surface area (Å²) < 4.78 is 13.7. The van der Waals surface area contributed by atoms with Crippen LogP contribution in [0.25, 0.3) is 22.4 Å². The molecule has 1 atom stereocenters. The van der Waals surface area contributed by atoms with Crippen molar-refractivity contribution in [1.82, 2.24) is 19.5 Å². The van der Waals surface area contributed by atoms with Crippen LogP contribution in [0, 0.1) is 0 Å². The maximum atomic E-state index is 6.04. The Morgan fingerprint density at radius 3 is 2.88 bits per heavy atom. The van der Waals surface area contributed by atoms with Crippen LogP contribution in [-0.4, -0.2) is 38.8 Å². The standard InChI is InChI=1S/C20H22N4O2/c1-13-2-5-18-22-17-4-3-16(23-20(17)24(13)18)14-6-9-21-19(12-14)26-15-7-10-25-11-8-15/h3-4,6,9,12-13,15H,2,5,7-8,10-11H2,1H3/t13-/m0/s1. The van der Waals surface area contributed by atoms with Crippen LogP contribution in [0.3, 0.4) is 0 Å². The average Bonchev–Trinajstić information content (AvgIpc) is 3.22. The molecule has 2 aliphatic rings. The van der Waals surface area contributed by atoms with Crippen molar-refractivity contribution >= 4 is 11.2 Å². The van der Waals surface area contributed by atoms with Crippen LogP contribution in [0.2, 0.25) is 0 Å². The maximum Gasteiger partial charge on any atom is 0.214 e. The number of rotatable bonds is 3. The molecule has 6 nitrogen and oxygen atoms in total. The number of fused-ring (bicyclic) bond motifs is 3. The van der Waals surface area contributed by atoms with Crippen molar-refractivity contribution in [2.75, 3.05) is 13.2 Å². The highest BCUT2D eigenvalue weighted by Gasteiger charge is 2.23. The number of aromatic nitrogens is 4. The summed E-state index contributed by atoms with van der Waals surface area (Å²) in [6, 6.07) is 8.52. The van der Waals surface area contributed by atoms with Crippen molar-refractivity contribution in [1.29, 1.82) is 0 Å². The molecule has 1 fully saturated rings. The summed E-state index contributed by atoms with van der Waals surface area (Å²) in [6.45, 7) is 3.75. The zero-order valence-electron chi connectivity index (χ0n) is 14.9. The van der Waals surface area contributed by atoms with Gasteiger partial charge in [0.05, 0.1) is 18.9 Å². The van der Waals surface area contributed by atoms with Crippen molar-refractivity contribution < 1.29 is 9.47 Å². The Labute approximate surface area is 152 Å². The minimum atomic E-state index is 0.181. The Morgan fingerprint density at radius 1 is 1.12 bits per heavy atom. The minimum absolute atomic E-state index is 0.181. The van der Waals surface area contributed by atoms with E-state index < -0.39 is 0 Å². The summed E-state index contributed by atoms with van der Waals surface area (Å²) in [4.78, 5) is 14.0. The zero-order valence-corrected chi connectivity index (χ0v) is 14.9. The molecule has 3 aromatic rings. The second-order valence-corrected chi connectivity index (χ2v) is 7.14. The molecule has 0 spiro atoms. The molecule has 2 aliphatic heterocycles. The van der Waals surface area contributed by atoms with Gasteiger partial charge in [0.15, 0.2) is 5.65 Å². The highest BCUT2D eigenvalue weighted by atomic mass is 16.5. The Morgan fingerprint density at radius 2 is 2.00 bits per heavy atom. The topological polar surface area (TPSA) is 62.1 Å². The first-order chi connectivity index (χ1) is 12.8. The van der Waals surface area contributed by atoms with E-state index in [-0.39, 0.29) is 6.10 Å². The third kappa shape index (κ3) is 2.74. The van der Waals surface area contributed by atoms with Crippen LogP contribution in [0.1, 0.15) is 38.1 Å². The molecule has 0 radical (unpaired) electrons. The molecule has 6 heteroatoms. The summed E-state index contributed by atoms with van der Waals surface area (Å²) in [5, 5.41) is 0. The molecule has 26 heavy (non-hydrogen) atoms. The lowest BCUT2D eigenvalue weighted by Gasteiger charge is -2.22. The van der Waals surface area contributed by atoms with Gasteiger partial charge in [-0.05, 0) is 31.5 Å². The van der Waals surface area contributed by atoms with Crippen molar-refractivity contribution in [2.45, 2.75) is 44.8 Å². The monoisotopic (exact) mass is 350 g/mol. The summed E-state index contributed by atoms with van der Waals surface area (Å²) in [5.74, 6) is 1.80. The van der Waals surface area contributed by atoms with E-state index in [1.165, 1.54) is 0 Å². The molecule has 5 heterocycles. The molecule has 3 aromatic heterocycles. The third-order valence-electron chi connectivity index (χ3n) is 5.32. The number of hydrogen-bond donors (Lipinski definition) is 0. The fraction of sp³-hybridized carbons (Fsp3) is 0.450. The van der Waals surface area contributed by atoms with Gasteiger partial charge in [-0.1, -0.05) is 0 Å². The summed E-state index contributed by atoms with van der Waals surface area (Å²) in [7, 11) is 0. The lowest BCUT2D eigenvalue weighted by atomic mass is 10.1. The molecule has 134 valence electrons. The van der Waals surface area contributed by atoms with E-state index in [1.807, 2.05) is 18.2 Å². The van der Waals surface area contributed by atoms with Crippen LogP contribution in [-0.2, 0) is 11.2 Å². The molecule has 0 unspecified atom stereocenters. The lowest BCUT2D eigenvalue weighted by molar-refractivity contribution is 0.0237. The van der Waals surface area contributed by atoms with Gasteiger partial charge in [0.25, 0.3) is 0 Å². The first kappa shape index (κ1) is 15.8. The normalized spacial score (nSPS) is 20.4. The van der Waals surface area contributed by atoms with Gasteiger partial charge < -0.3 is 14.0 Å². The predicted octanol–water partition coefficient (Wildman–Crippen LogP) is 3.56. The summed E-state index contributed by atoms with van der Waals surface area (Å²) in [5.41, 5.74) is 3.90. The van der Waals surface area contributed by atoms with Gasteiger partial charge in [-0.15, -0.1) is 0 Å². The summed E-state index contributed by atoms with van der Waals surface area (Å²) in [6.07, 6.45) is 5.97. The molecule has 1 saturated heterocycles. The van der Waals surface area contributed by atoms with E-state index in [0.717, 1.165) is 67.1 Å². The van der Waals surface area contributed by atoms with Crippen LogP contribution >= 0.6 is 0 Å². The molecule has 0 N–H and O–H groups in total. The van der Waals surface area contributed by atoms with E-state index in [9.17, 15) is 0 Å². The fourth-order valence-corrected chi connectivity index (χ4v) is 3.89. The van der Waals surface area contributed by atoms with Gasteiger partial charge >= 0.3 is 0 Å². The first-order valence-corrected chi connectivity index (χ1v) is 9.36. The van der Waals surface area contributed by atoms with Crippen LogP contribution in [0.4, 0.5) is 0 Å². The largest absolute Gasteiger partial charge is 0.474 e. The van der Waals surface area contributed by atoms with Crippen LogP contribution in [0.15, 0.2) is 30.5 Å². The Balaban J connectivity index is 1.47. The molecule has 0 aromatic carbocycles. The number of imidazole rings is 1. The summed E-state index contributed by atoms with van der Waals surface area (Å²) >= 11 is 0. The Kier molecular flexibility index (Phi) is 3.85. The van der Waals surface area contributed by atoms with Crippen molar-refractivity contribution in [3.63, 3.8) is 0 Å². The number of hydrogen-bond acceptors (Lipinski definition) is 5. The van der Waals surface area contributed by atoms with E-state index >= 15 is 0 Å². The third-order valence-corrected chi connectivity index (χ3v) is 5.32. The smallest absolute Gasteiger partial charge is 0.214 e. The van der Waals surface area contributed by atoms with E-state index in [2.05, 4.69) is 22.5 Å². The van der Waals surface area contributed by atoms with Crippen molar-refractivity contribution in [2.24, 2.45) is 0 Å². The zero-order chi connectivity index (χ0) is 17.5. The second kappa shape index (κ2) is 6.36. The number of nitrogens with zero attached hydrogens (tertiary/aromatic N) is 4. The van der Waals surface area contributed by atoms with E-state index in [4.69, 9.17) is 19.4 Å². The van der Waals surface area contributed by atoms with Gasteiger partial charge in [0, 0.05) is 43.1 Å². The fourth-order valence-electron chi connectivity index (χ4n) is 3.89. The van der Waals surface area contributed by atoms with Crippen molar-refractivity contribution in [3.8, 4) is 17.1 Å². The van der Waals surface area contributed by atoms with Gasteiger partial charge in [-0.3, -0.25) is 0 Å². The average molecular weight is 350 g/mol. The first-order valence-electron chi connectivity index (χ1n) is 9.36. The second-order valence-electron chi connectivity index (χ2n) is 7.14. The van der Waals surface area contributed by atoms with Gasteiger partial charge in [-0.2, -0.15) is 0 Å². The highest BCUT2D eigenvalue weighted by Crippen LogP contribution is 2.31. The quantitative estimate of drug-likeness (QED) is 0.723. The van der Waals surface area contributed by atoms with Crippen molar-refractivity contribution in [3.05, 3.63) is 36.3 Å². The van der Waals surface area contributed by atoms with Crippen LogP contribution in [0.5, 0.6) is 5.88 Å². The Bertz CT molecular complexity index is 946. The number of ether oxygens (including phenoxy) is 2. The highest BCUT2D eigenvalue weighted by molar-refractivity contribution is 5.76. The van der Waals surface area contributed by atoms with Gasteiger partial charge in [-0.25, -0.2) is 15.0 Å². The maximum absolute atomic E-state index is 6.04. The predicted molar refractivity (Wildman–Crippen MR) is 98.3 cm³/mol. The molecule has 0 amide bonds. The SMILES string of the molecule is C[C@H]1CCc2nc3ccc(-c4ccnc(OC5CCOCC5)c4)nc3n21. The molecule has 0 saturated carbocycles. The lowest BCUT2D eigenvalue weighted by Crippen LogP contribution is -2.26. The number of pyridine rings is 2. The molecule has 0 bridgehead atoms. The minimum Gasteiger partial charge on any atom is -0.474 e. The van der Waals surface area contributed by atoms with Crippen LogP contribution < -0.4 is 4.74 Å². The number of aryl methyl sites for hydroxylation is 1. The van der Waals surface area contributed by atoms with Gasteiger partial charge in [0.1, 0.15) is 17.4 Å². The molecule has 0 aliphatic carbocycles.